The van der Waals surface area contributed by atoms with Crippen LogP contribution >= 0.6 is 0 Å². The van der Waals surface area contributed by atoms with Crippen molar-refractivity contribution in [2.24, 2.45) is 5.92 Å². The van der Waals surface area contributed by atoms with Crippen molar-refractivity contribution in [3.05, 3.63) is 0 Å². The van der Waals surface area contributed by atoms with E-state index in [4.69, 9.17) is 0 Å². The monoisotopic (exact) mass is 267 g/mol. The van der Waals surface area contributed by atoms with Crippen LogP contribution in [-0.2, 0) is 0 Å². The molecule has 0 spiro atoms. The van der Waals surface area contributed by atoms with E-state index in [2.05, 4.69) is 26.1 Å². The van der Waals surface area contributed by atoms with Crippen molar-refractivity contribution in [1.82, 2.24) is 5.32 Å². The molecule has 1 saturated carbocycles. The third-order valence-corrected chi connectivity index (χ3v) is 4.59. The Hall–Kier alpha value is -0.0400. The first-order chi connectivity index (χ1) is 9.30. The molecule has 1 atom stereocenters. The molecule has 0 aliphatic heterocycles. The van der Waals surface area contributed by atoms with Gasteiger partial charge in [0.1, 0.15) is 0 Å². The zero-order chi connectivity index (χ0) is 13.9. The van der Waals surface area contributed by atoms with Crippen LogP contribution in [0.15, 0.2) is 0 Å². The van der Waals surface area contributed by atoms with Gasteiger partial charge in [-0.1, -0.05) is 72.1 Å². The van der Waals surface area contributed by atoms with Crippen LogP contribution in [0.25, 0.3) is 0 Å². The van der Waals surface area contributed by atoms with Crippen molar-refractivity contribution in [3.8, 4) is 0 Å². The Morgan fingerprint density at radius 1 is 0.842 bits per heavy atom. The van der Waals surface area contributed by atoms with E-state index < -0.39 is 0 Å². The van der Waals surface area contributed by atoms with E-state index in [-0.39, 0.29) is 0 Å². The molecular formula is C18H37N. The molecule has 0 aromatic carbocycles. The molecule has 1 nitrogen and oxygen atoms in total. The molecule has 0 bridgehead atoms. The van der Waals surface area contributed by atoms with Crippen LogP contribution < -0.4 is 5.32 Å². The highest BCUT2D eigenvalue weighted by Gasteiger charge is 2.25. The van der Waals surface area contributed by atoms with Gasteiger partial charge in [0.15, 0.2) is 0 Å². The Labute approximate surface area is 121 Å². The van der Waals surface area contributed by atoms with Gasteiger partial charge in [-0.3, -0.25) is 0 Å². The van der Waals surface area contributed by atoms with Crippen LogP contribution in [0.1, 0.15) is 97.8 Å². The van der Waals surface area contributed by atoms with Crippen LogP contribution in [0, 0.1) is 5.92 Å². The van der Waals surface area contributed by atoms with E-state index in [0.717, 1.165) is 18.0 Å². The molecule has 1 rings (SSSR count). The molecule has 19 heavy (non-hydrogen) atoms. The highest BCUT2D eigenvalue weighted by molar-refractivity contribution is 4.82. The lowest BCUT2D eigenvalue weighted by Gasteiger charge is -2.25. The third-order valence-electron chi connectivity index (χ3n) is 4.59. The predicted molar refractivity (Wildman–Crippen MR) is 86.6 cm³/mol. The maximum atomic E-state index is 3.99. The molecular weight excluding hydrogens is 230 g/mol. The van der Waals surface area contributed by atoms with Crippen LogP contribution in [0.5, 0.6) is 0 Å². The molecule has 0 radical (unpaired) electrons. The maximum absolute atomic E-state index is 3.99. The van der Waals surface area contributed by atoms with Crippen molar-refractivity contribution < 1.29 is 0 Å². The topological polar surface area (TPSA) is 12.0 Å². The Balaban J connectivity index is 2.26. The fraction of sp³-hybridized carbons (Fsp3) is 1.00. The van der Waals surface area contributed by atoms with Crippen molar-refractivity contribution in [3.63, 3.8) is 0 Å². The minimum absolute atomic E-state index is 0.792. The second-order valence-electron chi connectivity index (χ2n) is 6.64. The Kier molecular flexibility index (Phi) is 9.59. The van der Waals surface area contributed by atoms with E-state index >= 15 is 0 Å². The average Bonchev–Trinajstić information content (AvgIpc) is 3.22. The van der Waals surface area contributed by atoms with Gasteiger partial charge in [0, 0.05) is 12.1 Å². The van der Waals surface area contributed by atoms with Crippen molar-refractivity contribution in [1.29, 1.82) is 0 Å². The molecule has 1 aliphatic carbocycles. The summed E-state index contributed by atoms with van der Waals surface area (Å²) in [6, 6.07) is 1.59. The average molecular weight is 268 g/mol. The fourth-order valence-electron chi connectivity index (χ4n) is 3.03. The Bertz CT molecular complexity index is 188. The standard InChI is InChI=1S/C18H37N/c1-4-7-9-11-18(12-10-8-5-2)19-17(6-3)15-16-13-14-16/h16-19H,4-15H2,1-3H3. The number of hydrogen-bond donors (Lipinski definition) is 1. The predicted octanol–water partition coefficient (Wildman–Crippen LogP) is 5.68. The SMILES string of the molecule is CCCCCC(CCCCC)NC(CC)CC1CC1. The van der Waals surface area contributed by atoms with Gasteiger partial charge in [0.25, 0.3) is 0 Å². The smallest absolute Gasteiger partial charge is 0.00696 e. The lowest BCUT2D eigenvalue weighted by Crippen LogP contribution is -2.38. The molecule has 1 N–H and O–H groups in total. The van der Waals surface area contributed by atoms with Crippen LogP contribution in [-0.4, -0.2) is 12.1 Å². The second kappa shape index (κ2) is 10.7. The summed E-state index contributed by atoms with van der Waals surface area (Å²) in [5.74, 6) is 1.06. The molecule has 0 aromatic heterocycles. The third kappa shape index (κ3) is 8.68. The quantitative estimate of drug-likeness (QED) is 0.423. The summed E-state index contributed by atoms with van der Waals surface area (Å²) in [5, 5.41) is 3.99. The molecule has 1 fully saturated rings. The fourth-order valence-corrected chi connectivity index (χ4v) is 3.03. The van der Waals surface area contributed by atoms with E-state index in [1.807, 2.05) is 0 Å². The molecule has 0 saturated heterocycles. The van der Waals surface area contributed by atoms with Gasteiger partial charge < -0.3 is 5.32 Å². The maximum Gasteiger partial charge on any atom is 0.00696 e. The largest absolute Gasteiger partial charge is 0.311 e. The van der Waals surface area contributed by atoms with Gasteiger partial charge in [0.05, 0.1) is 0 Å². The summed E-state index contributed by atoms with van der Waals surface area (Å²) in [5.41, 5.74) is 0. The first-order valence-electron chi connectivity index (χ1n) is 9.06. The van der Waals surface area contributed by atoms with Crippen molar-refractivity contribution >= 4 is 0 Å². The van der Waals surface area contributed by atoms with E-state index in [1.165, 1.54) is 77.0 Å². The number of hydrogen-bond acceptors (Lipinski definition) is 1. The highest BCUT2D eigenvalue weighted by atomic mass is 14.9. The lowest BCUT2D eigenvalue weighted by molar-refractivity contribution is 0.343. The zero-order valence-corrected chi connectivity index (χ0v) is 13.7. The van der Waals surface area contributed by atoms with Gasteiger partial charge in [-0.05, 0) is 31.6 Å². The normalized spacial score (nSPS) is 17.1. The van der Waals surface area contributed by atoms with E-state index in [9.17, 15) is 0 Å². The van der Waals surface area contributed by atoms with Crippen molar-refractivity contribution in [2.45, 2.75) is 110 Å². The minimum Gasteiger partial charge on any atom is -0.311 e. The minimum atomic E-state index is 0.792. The first kappa shape index (κ1) is 17.0. The van der Waals surface area contributed by atoms with E-state index in [0.29, 0.717) is 0 Å². The number of rotatable bonds is 13. The van der Waals surface area contributed by atoms with Gasteiger partial charge in [-0.25, -0.2) is 0 Å². The first-order valence-corrected chi connectivity index (χ1v) is 9.06. The van der Waals surface area contributed by atoms with Gasteiger partial charge in [0.2, 0.25) is 0 Å². The summed E-state index contributed by atoms with van der Waals surface area (Å²) in [4.78, 5) is 0. The van der Waals surface area contributed by atoms with Gasteiger partial charge >= 0.3 is 0 Å². The molecule has 0 aromatic rings. The van der Waals surface area contributed by atoms with Gasteiger partial charge in [-0.15, -0.1) is 0 Å². The molecule has 0 amide bonds. The van der Waals surface area contributed by atoms with Gasteiger partial charge in [-0.2, -0.15) is 0 Å². The summed E-state index contributed by atoms with van der Waals surface area (Å²) in [6.45, 7) is 6.97. The summed E-state index contributed by atoms with van der Waals surface area (Å²) >= 11 is 0. The highest BCUT2D eigenvalue weighted by Crippen LogP contribution is 2.34. The van der Waals surface area contributed by atoms with Crippen LogP contribution in [0.3, 0.4) is 0 Å². The summed E-state index contributed by atoms with van der Waals surface area (Å²) < 4.78 is 0. The number of unbranched alkanes of at least 4 members (excludes halogenated alkanes) is 4. The Morgan fingerprint density at radius 3 is 1.84 bits per heavy atom. The lowest BCUT2D eigenvalue weighted by atomic mass is 9.99. The zero-order valence-electron chi connectivity index (χ0n) is 13.7. The van der Waals surface area contributed by atoms with Crippen LogP contribution in [0.2, 0.25) is 0 Å². The molecule has 0 heterocycles. The van der Waals surface area contributed by atoms with E-state index in [1.54, 1.807) is 0 Å². The Morgan fingerprint density at radius 2 is 1.42 bits per heavy atom. The van der Waals surface area contributed by atoms with Crippen molar-refractivity contribution in [2.75, 3.05) is 0 Å². The molecule has 1 aliphatic rings. The molecule has 1 unspecified atom stereocenters. The summed E-state index contributed by atoms with van der Waals surface area (Å²) in [7, 11) is 0. The summed E-state index contributed by atoms with van der Waals surface area (Å²) in [6.07, 6.45) is 16.9. The second-order valence-corrected chi connectivity index (χ2v) is 6.64. The van der Waals surface area contributed by atoms with Crippen LogP contribution in [0.4, 0.5) is 0 Å². The number of nitrogens with one attached hydrogen (secondary N) is 1. The molecule has 114 valence electrons. The molecule has 1 heteroatoms.